The standard InChI is InChI=1S/C18H28N2/c1-3-4-5-6-9-14-12-17-18(2,20(17)13-14)15-10-7-8-11-16(15)19/h7-8,10-11,14,17H,3-6,9,12-13,19H2,1-2H3. The number of fused-ring (bicyclic) bond motifs is 1. The molecule has 4 unspecified atom stereocenters. The molecule has 2 heteroatoms. The van der Waals surface area contributed by atoms with E-state index in [9.17, 15) is 0 Å². The Balaban J connectivity index is 1.55. The van der Waals surface area contributed by atoms with E-state index in [1.165, 1.54) is 50.6 Å². The SMILES string of the molecule is CCCCCCC1CC2N(C1)C2(C)c1ccccc1N. The number of rotatable bonds is 6. The smallest absolute Gasteiger partial charge is 0.0612 e. The second kappa shape index (κ2) is 5.40. The molecule has 110 valence electrons. The Bertz CT molecular complexity index is 456. The second-order valence-electron chi connectivity index (χ2n) is 6.85. The van der Waals surface area contributed by atoms with Crippen molar-refractivity contribution in [2.45, 2.75) is 64.0 Å². The summed E-state index contributed by atoms with van der Waals surface area (Å²) < 4.78 is 0. The summed E-state index contributed by atoms with van der Waals surface area (Å²) in [5.74, 6) is 0.926. The first-order valence-corrected chi connectivity index (χ1v) is 8.29. The maximum atomic E-state index is 6.17. The van der Waals surface area contributed by atoms with Crippen molar-refractivity contribution in [1.29, 1.82) is 0 Å². The molecule has 2 aliphatic rings. The fourth-order valence-electron chi connectivity index (χ4n) is 4.23. The summed E-state index contributed by atoms with van der Waals surface area (Å²) >= 11 is 0. The Morgan fingerprint density at radius 3 is 2.70 bits per heavy atom. The number of piperidine rings is 1. The Labute approximate surface area is 123 Å². The summed E-state index contributed by atoms with van der Waals surface area (Å²) in [7, 11) is 0. The van der Waals surface area contributed by atoms with E-state index >= 15 is 0 Å². The van der Waals surface area contributed by atoms with Gasteiger partial charge >= 0.3 is 0 Å². The summed E-state index contributed by atoms with van der Waals surface area (Å²) in [5, 5.41) is 0. The molecule has 2 heterocycles. The Morgan fingerprint density at radius 2 is 2.05 bits per heavy atom. The van der Waals surface area contributed by atoms with E-state index in [-0.39, 0.29) is 5.54 Å². The number of anilines is 1. The Hall–Kier alpha value is -1.02. The monoisotopic (exact) mass is 272 g/mol. The van der Waals surface area contributed by atoms with E-state index < -0.39 is 0 Å². The van der Waals surface area contributed by atoms with E-state index in [0.29, 0.717) is 0 Å². The van der Waals surface area contributed by atoms with Gasteiger partial charge in [-0.25, -0.2) is 0 Å². The van der Waals surface area contributed by atoms with Gasteiger partial charge in [-0.1, -0.05) is 50.8 Å². The van der Waals surface area contributed by atoms with Gasteiger partial charge in [0, 0.05) is 18.3 Å². The molecule has 0 saturated carbocycles. The van der Waals surface area contributed by atoms with Crippen LogP contribution in [0, 0.1) is 5.92 Å². The summed E-state index contributed by atoms with van der Waals surface area (Å²) in [5.41, 5.74) is 8.70. The summed E-state index contributed by atoms with van der Waals surface area (Å²) in [6.45, 7) is 5.93. The van der Waals surface area contributed by atoms with Crippen molar-refractivity contribution in [3.05, 3.63) is 29.8 Å². The van der Waals surface area contributed by atoms with Gasteiger partial charge in [-0.2, -0.15) is 0 Å². The van der Waals surface area contributed by atoms with Crippen molar-refractivity contribution in [3.8, 4) is 0 Å². The van der Waals surface area contributed by atoms with E-state index in [1.807, 2.05) is 12.1 Å². The third kappa shape index (κ3) is 2.24. The van der Waals surface area contributed by atoms with Gasteiger partial charge < -0.3 is 5.73 Å². The van der Waals surface area contributed by atoms with Crippen LogP contribution in [-0.4, -0.2) is 17.5 Å². The van der Waals surface area contributed by atoms with Gasteiger partial charge in [-0.3, -0.25) is 4.90 Å². The van der Waals surface area contributed by atoms with Crippen molar-refractivity contribution < 1.29 is 0 Å². The molecule has 2 aliphatic heterocycles. The first-order chi connectivity index (χ1) is 9.67. The van der Waals surface area contributed by atoms with Crippen LogP contribution < -0.4 is 5.73 Å². The highest BCUT2D eigenvalue weighted by Crippen LogP contribution is 2.58. The van der Waals surface area contributed by atoms with E-state index in [1.54, 1.807) is 0 Å². The largest absolute Gasteiger partial charge is 0.398 e. The van der Waals surface area contributed by atoms with Gasteiger partial charge in [-0.15, -0.1) is 0 Å². The molecule has 2 N–H and O–H groups in total. The minimum absolute atomic E-state index is 0.227. The van der Waals surface area contributed by atoms with Crippen LogP contribution in [-0.2, 0) is 5.54 Å². The molecule has 0 radical (unpaired) electrons. The molecule has 1 aromatic rings. The summed E-state index contributed by atoms with van der Waals surface area (Å²) in [6, 6.07) is 9.14. The molecule has 1 aromatic carbocycles. The van der Waals surface area contributed by atoms with Crippen molar-refractivity contribution in [2.24, 2.45) is 5.92 Å². The highest BCUT2D eigenvalue weighted by Gasteiger charge is 2.64. The van der Waals surface area contributed by atoms with Crippen LogP contribution in [0.1, 0.15) is 57.9 Å². The molecule has 20 heavy (non-hydrogen) atoms. The van der Waals surface area contributed by atoms with Gasteiger partial charge in [0.2, 0.25) is 0 Å². The first kappa shape index (κ1) is 13.9. The van der Waals surface area contributed by atoms with Crippen LogP contribution in [0.4, 0.5) is 5.69 Å². The quantitative estimate of drug-likeness (QED) is 0.478. The lowest BCUT2D eigenvalue weighted by molar-refractivity contribution is 0.355. The average molecular weight is 272 g/mol. The van der Waals surface area contributed by atoms with Crippen molar-refractivity contribution in [3.63, 3.8) is 0 Å². The number of hydrogen-bond acceptors (Lipinski definition) is 2. The third-order valence-corrected chi connectivity index (χ3v) is 5.54. The number of nitrogen functional groups attached to an aromatic ring is 1. The number of nitrogens with zero attached hydrogens (tertiary/aromatic N) is 1. The van der Waals surface area contributed by atoms with Crippen LogP contribution >= 0.6 is 0 Å². The van der Waals surface area contributed by atoms with E-state index in [0.717, 1.165) is 17.6 Å². The van der Waals surface area contributed by atoms with Gasteiger partial charge in [0.1, 0.15) is 0 Å². The highest BCUT2D eigenvalue weighted by atomic mass is 15.4. The second-order valence-corrected chi connectivity index (χ2v) is 6.85. The van der Waals surface area contributed by atoms with Gasteiger partial charge in [0.25, 0.3) is 0 Å². The van der Waals surface area contributed by atoms with Crippen LogP contribution in [0.2, 0.25) is 0 Å². The maximum absolute atomic E-state index is 6.17. The van der Waals surface area contributed by atoms with Crippen molar-refractivity contribution in [1.82, 2.24) is 4.90 Å². The third-order valence-electron chi connectivity index (χ3n) is 5.54. The molecule has 3 rings (SSSR count). The Morgan fingerprint density at radius 1 is 1.25 bits per heavy atom. The normalized spacial score (nSPS) is 35.0. The zero-order valence-corrected chi connectivity index (χ0v) is 12.9. The average Bonchev–Trinajstić information content (AvgIpc) is 2.83. The van der Waals surface area contributed by atoms with Crippen LogP contribution in [0.15, 0.2) is 24.3 Å². The fraction of sp³-hybridized carbons (Fsp3) is 0.667. The van der Waals surface area contributed by atoms with Crippen LogP contribution in [0.3, 0.4) is 0 Å². The highest BCUT2D eigenvalue weighted by molar-refractivity contribution is 5.54. The molecule has 0 aromatic heterocycles. The summed E-state index contributed by atoms with van der Waals surface area (Å²) in [6.07, 6.45) is 8.37. The molecular weight excluding hydrogens is 244 g/mol. The zero-order chi connectivity index (χ0) is 14.2. The zero-order valence-electron chi connectivity index (χ0n) is 12.9. The molecule has 0 spiro atoms. The van der Waals surface area contributed by atoms with Gasteiger partial charge in [0.15, 0.2) is 0 Å². The molecule has 4 atom stereocenters. The first-order valence-electron chi connectivity index (χ1n) is 8.29. The maximum Gasteiger partial charge on any atom is 0.0612 e. The van der Waals surface area contributed by atoms with E-state index in [2.05, 4.69) is 30.9 Å². The fourth-order valence-corrected chi connectivity index (χ4v) is 4.23. The number of benzene rings is 1. The molecular formula is C18H28N2. The lowest BCUT2D eigenvalue weighted by Crippen LogP contribution is -2.22. The van der Waals surface area contributed by atoms with Gasteiger partial charge in [-0.05, 0) is 37.3 Å². The number of unbranched alkanes of at least 4 members (excludes halogenated alkanes) is 3. The van der Waals surface area contributed by atoms with Crippen LogP contribution in [0.25, 0.3) is 0 Å². The molecule has 2 fully saturated rings. The number of nitrogens with two attached hydrogens (primary N) is 1. The molecule has 0 amide bonds. The number of hydrogen-bond donors (Lipinski definition) is 1. The summed E-state index contributed by atoms with van der Waals surface area (Å²) in [4.78, 5) is 2.67. The van der Waals surface area contributed by atoms with E-state index in [4.69, 9.17) is 5.73 Å². The minimum atomic E-state index is 0.227. The molecule has 0 aliphatic carbocycles. The lowest BCUT2D eigenvalue weighted by Gasteiger charge is -2.21. The van der Waals surface area contributed by atoms with Crippen molar-refractivity contribution in [2.75, 3.05) is 12.3 Å². The minimum Gasteiger partial charge on any atom is -0.398 e. The van der Waals surface area contributed by atoms with Crippen molar-refractivity contribution >= 4 is 5.69 Å². The van der Waals surface area contributed by atoms with Gasteiger partial charge in [0.05, 0.1) is 5.54 Å². The van der Waals surface area contributed by atoms with Crippen LogP contribution in [0.5, 0.6) is 0 Å². The number of para-hydroxylation sites is 1. The topological polar surface area (TPSA) is 29.0 Å². The predicted octanol–water partition coefficient (Wildman–Crippen LogP) is 4.16. The Kier molecular flexibility index (Phi) is 3.76. The predicted molar refractivity (Wildman–Crippen MR) is 85.6 cm³/mol. The molecule has 0 bridgehead atoms. The lowest BCUT2D eigenvalue weighted by atomic mass is 9.87. The molecule has 2 saturated heterocycles. The molecule has 2 nitrogen and oxygen atoms in total.